The van der Waals surface area contributed by atoms with E-state index in [0.29, 0.717) is 86.1 Å². The van der Waals surface area contributed by atoms with E-state index in [9.17, 15) is 33.6 Å². The zero-order chi connectivity index (χ0) is 60.3. The molecule has 3 aromatic rings. The summed E-state index contributed by atoms with van der Waals surface area (Å²) in [5, 5.41) is 8.25. The van der Waals surface area contributed by atoms with E-state index in [4.69, 9.17) is 32.8 Å². The maximum atomic E-state index is 14.4. The van der Waals surface area contributed by atoms with Crippen LogP contribution in [0.5, 0.6) is 17.2 Å². The first-order valence-electron chi connectivity index (χ1n) is 28.5. The Hall–Kier alpha value is -7.19. The molecule has 4 atom stereocenters. The third-order valence-corrected chi connectivity index (χ3v) is 19.9. The van der Waals surface area contributed by atoms with Gasteiger partial charge in [-0.1, -0.05) is 91.1 Å². The number of amides is 5. The highest BCUT2D eigenvalue weighted by atomic mass is 28.4. The summed E-state index contributed by atoms with van der Waals surface area (Å²) < 4.78 is 40.5. The maximum Gasteiger partial charge on any atom is 0.411 e. The number of nitrogens with zero attached hydrogens (tertiary/aromatic N) is 2. The third-order valence-electron chi connectivity index (χ3n) is 15.4. The van der Waals surface area contributed by atoms with Crippen molar-refractivity contribution in [2.24, 2.45) is 11.8 Å². The fourth-order valence-electron chi connectivity index (χ4n) is 8.93. The van der Waals surface area contributed by atoms with Crippen molar-refractivity contribution in [3.05, 3.63) is 102 Å². The molecule has 0 spiro atoms. The van der Waals surface area contributed by atoms with Crippen molar-refractivity contribution < 1.29 is 66.4 Å². The second kappa shape index (κ2) is 30.7. The first-order chi connectivity index (χ1) is 38.9. The number of hydrogen-bond donors (Lipinski definition) is 3. The smallest absolute Gasteiger partial charge is 0.411 e. The lowest BCUT2D eigenvalue weighted by atomic mass is 9.91. The monoisotopic (exact) mass is 1150 g/mol. The van der Waals surface area contributed by atoms with Gasteiger partial charge >= 0.3 is 18.2 Å². The molecule has 20 heteroatoms. The number of carbonyl (C=O) groups is 7. The Balaban J connectivity index is 1.21. The summed E-state index contributed by atoms with van der Waals surface area (Å²) in [4.78, 5) is 96.3. The molecule has 82 heavy (non-hydrogen) atoms. The van der Waals surface area contributed by atoms with Gasteiger partial charge in [-0.25, -0.2) is 9.59 Å². The average Bonchev–Trinajstić information content (AvgIpc) is 3.53. The molecule has 5 amide bonds. The quantitative estimate of drug-likeness (QED) is 0.0179. The number of unbranched alkanes of at least 4 members (excludes halogenated alkanes) is 2. The SMILES string of the molecule is C=CCOC(=O)C[C@H](C(=O)N[C@@H](C)C(=O)Cc1ccc(COC(=O)Nc2cc(OCCCCCOc3cc(NC(=O)OCC=C)c(C(=O)N4CC[C@H]4CC)cc3OC)c(C)cc2C(=O)N2CC[C@H]2CO[Si](C)(C)C(C)(C)C)cc1)C(C)C. The zero-order valence-corrected chi connectivity index (χ0v) is 51.0. The molecule has 0 unspecified atom stereocenters. The topological polar surface area (TPSA) is 227 Å². The molecule has 0 aliphatic carbocycles. The molecule has 2 aliphatic heterocycles. The Bertz CT molecular complexity index is 2740. The average molecular weight is 1150 g/mol. The van der Waals surface area contributed by atoms with Gasteiger partial charge in [0.05, 0.1) is 73.9 Å². The number of likely N-dealkylation sites (tertiary alicyclic amines) is 2. The summed E-state index contributed by atoms with van der Waals surface area (Å²) >= 11 is 0. The highest BCUT2D eigenvalue weighted by Gasteiger charge is 2.41. The fourth-order valence-corrected chi connectivity index (χ4v) is 9.97. The van der Waals surface area contributed by atoms with E-state index < -0.39 is 44.3 Å². The molecule has 448 valence electrons. The van der Waals surface area contributed by atoms with Gasteiger partial charge in [-0.3, -0.25) is 34.6 Å². The van der Waals surface area contributed by atoms with Crippen molar-refractivity contribution in [1.82, 2.24) is 15.1 Å². The molecule has 0 radical (unpaired) electrons. The molecule has 0 bridgehead atoms. The van der Waals surface area contributed by atoms with Crippen molar-refractivity contribution in [3.63, 3.8) is 0 Å². The van der Waals surface area contributed by atoms with E-state index in [1.54, 1.807) is 65.3 Å². The second-order valence-corrected chi connectivity index (χ2v) is 27.6. The van der Waals surface area contributed by atoms with Gasteiger partial charge in [0.2, 0.25) is 5.91 Å². The zero-order valence-electron chi connectivity index (χ0n) is 50.0. The molecule has 5 rings (SSSR count). The predicted octanol–water partition coefficient (Wildman–Crippen LogP) is 11.0. The molecule has 3 N–H and O–H groups in total. The third kappa shape index (κ3) is 18.4. The Morgan fingerprint density at radius 3 is 1.83 bits per heavy atom. The summed E-state index contributed by atoms with van der Waals surface area (Å²) in [6.45, 7) is 29.3. The van der Waals surface area contributed by atoms with Crippen LogP contribution in [0.15, 0.2) is 73.8 Å². The van der Waals surface area contributed by atoms with E-state index in [1.165, 1.54) is 19.3 Å². The summed E-state index contributed by atoms with van der Waals surface area (Å²) in [5.74, 6) is -1.31. The van der Waals surface area contributed by atoms with E-state index >= 15 is 0 Å². The number of rotatable bonds is 31. The number of anilines is 2. The molecule has 2 fully saturated rings. The van der Waals surface area contributed by atoms with Gasteiger partial charge in [-0.2, -0.15) is 0 Å². The van der Waals surface area contributed by atoms with E-state index in [2.05, 4.69) is 63.0 Å². The molecule has 2 heterocycles. The van der Waals surface area contributed by atoms with Crippen LogP contribution < -0.4 is 30.2 Å². The summed E-state index contributed by atoms with van der Waals surface area (Å²) in [7, 11) is -0.605. The minimum atomic E-state index is -2.09. The predicted molar refractivity (Wildman–Crippen MR) is 317 cm³/mol. The van der Waals surface area contributed by atoms with Gasteiger partial charge in [0.1, 0.15) is 25.6 Å². The number of benzene rings is 3. The van der Waals surface area contributed by atoms with Crippen molar-refractivity contribution in [2.75, 3.05) is 63.9 Å². The Morgan fingerprint density at radius 1 is 0.732 bits per heavy atom. The first kappa shape index (κ1) is 65.6. The number of esters is 1. The first-order valence-corrected chi connectivity index (χ1v) is 31.4. The number of hydrogen-bond acceptors (Lipinski definition) is 14. The lowest BCUT2D eigenvalue weighted by Gasteiger charge is -2.44. The van der Waals surface area contributed by atoms with Crippen molar-refractivity contribution in [2.45, 2.75) is 150 Å². The van der Waals surface area contributed by atoms with Crippen LogP contribution in [0.3, 0.4) is 0 Å². The van der Waals surface area contributed by atoms with Gasteiger partial charge in [0.25, 0.3) is 11.8 Å². The van der Waals surface area contributed by atoms with Crippen LogP contribution in [0, 0.1) is 18.8 Å². The maximum absolute atomic E-state index is 14.4. The van der Waals surface area contributed by atoms with Crippen molar-refractivity contribution in [3.8, 4) is 17.2 Å². The lowest BCUT2D eigenvalue weighted by Crippen LogP contribution is -2.55. The molecular weight excluding hydrogens is 1070 g/mol. The number of nitrogens with one attached hydrogen (secondary N) is 3. The molecule has 19 nitrogen and oxygen atoms in total. The van der Waals surface area contributed by atoms with Crippen LogP contribution in [0.2, 0.25) is 18.1 Å². The largest absolute Gasteiger partial charge is 0.493 e. The van der Waals surface area contributed by atoms with Gasteiger partial charge in [0, 0.05) is 37.7 Å². The number of aryl methyl sites for hydroxylation is 1. The molecule has 3 aromatic carbocycles. The van der Waals surface area contributed by atoms with Crippen LogP contribution >= 0.6 is 0 Å². The highest BCUT2D eigenvalue weighted by molar-refractivity contribution is 6.74. The second-order valence-electron chi connectivity index (χ2n) is 22.8. The Morgan fingerprint density at radius 2 is 1.28 bits per heavy atom. The summed E-state index contributed by atoms with van der Waals surface area (Å²) in [6, 6.07) is 12.7. The van der Waals surface area contributed by atoms with Crippen LogP contribution in [0.4, 0.5) is 21.0 Å². The minimum absolute atomic E-state index is 0.00160. The van der Waals surface area contributed by atoms with Gasteiger partial charge in [-0.05, 0) is 105 Å². The van der Waals surface area contributed by atoms with Crippen molar-refractivity contribution in [1.29, 1.82) is 0 Å². The number of ketones is 1. The normalized spacial score (nSPS) is 15.6. The Kier molecular flexibility index (Phi) is 24.6. The van der Waals surface area contributed by atoms with Crippen LogP contribution in [0.25, 0.3) is 0 Å². The van der Waals surface area contributed by atoms with Crippen LogP contribution in [0.1, 0.15) is 131 Å². The molecule has 0 saturated carbocycles. The summed E-state index contributed by atoms with van der Waals surface area (Å²) in [5.41, 5.74) is 3.05. The number of methoxy groups -OCH3 is 1. The lowest BCUT2D eigenvalue weighted by molar-refractivity contribution is -0.146. The Labute approximate surface area is 485 Å². The highest BCUT2D eigenvalue weighted by Crippen LogP contribution is 2.39. The standard InChI is InChI=1S/C62H87N5O14Si/c1-14-28-78-56(69)35-47(40(4)5)57(70)63-42(7)52(68)33-43-20-22-44(23-21-43)38-80-61(74)65-50-36-53(41(6)32-48(50)58(71)67-27-25-46(67)39-81-82(12,13)62(8,9)10)76-30-18-17-19-31-77-55-37-51(64-60(73)79-29-15-2)49(34-54(55)75-11)59(72)66-26-24-45(66)16-3/h14-15,20-23,32,34,36-37,40,42,45-47H,1-2,16-19,24-31,33,35,38-39H2,3-13H3,(H,63,70)(H,64,73)(H,65,74)/t42-,45+,46-,47-/m0/s1. The fraction of sp³-hybridized carbons (Fsp3) is 0.532. The van der Waals surface area contributed by atoms with Gasteiger partial charge < -0.3 is 48.0 Å². The number of Topliss-reactive ketones (excluding diaryl/α,β-unsaturated/α-hetero) is 1. The number of ether oxygens (including phenoxy) is 6. The van der Waals surface area contributed by atoms with E-state index in [-0.39, 0.29) is 95.8 Å². The molecule has 0 aromatic heterocycles. The van der Waals surface area contributed by atoms with E-state index in [1.807, 2.05) is 27.7 Å². The molecular formula is C62H87N5O14Si. The van der Waals surface area contributed by atoms with Crippen LogP contribution in [-0.2, 0) is 46.0 Å². The minimum Gasteiger partial charge on any atom is -0.493 e. The van der Waals surface area contributed by atoms with Gasteiger partial charge in [-0.15, -0.1) is 0 Å². The molecule has 2 aliphatic rings. The molecule has 2 saturated heterocycles. The van der Waals surface area contributed by atoms with E-state index in [0.717, 1.165) is 19.3 Å². The summed E-state index contributed by atoms with van der Waals surface area (Å²) in [6.07, 6.45) is 5.77. The van der Waals surface area contributed by atoms with Crippen LogP contribution in [-0.4, -0.2) is 131 Å². The van der Waals surface area contributed by atoms with Gasteiger partial charge in [0.15, 0.2) is 25.6 Å². The van der Waals surface area contributed by atoms with Crippen molar-refractivity contribution >= 4 is 61.4 Å². The number of carbonyl (C=O) groups excluding carboxylic acids is 7.